The fourth-order valence-corrected chi connectivity index (χ4v) is 4.79. The number of rotatable bonds is 11. The fourth-order valence-electron chi connectivity index (χ4n) is 3.76. The molecule has 4 aromatic rings. The maximum Gasteiger partial charge on any atom is 0.573 e. The molecule has 0 saturated carbocycles. The first kappa shape index (κ1) is 28.9. The van der Waals surface area contributed by atoms with E-state index in [1.165, 1.54) is 35.6 Å². The normalized spacial score (nSPS) is 11.2. The molecule has 0 fully saturated rings. The Morgan fingerprint density at radius 3 is 2.35 bits per heavy atom. The van der Waals surface area contributed by atoms with Gasteiger partial charge in [0.25, 0.3) is 5.91 Å². The van der Waals surface area contributed by atoms with Gasteiger partial charge in [-0.1, -0.05) is 41.9 Å². The molecule has 208 valence electrons. The van der Waals surface area contributed by atoms with Crippen LogP contribution >= 0.6 is 22.9 Å². The van der Waals surface area contributed by atoms with Gasteiger partial charge in [0.1, 0.15) is 5.75 Å². The Morgan fingerprint density at radius 2 is 1.70 bits per heavy atom. The molecule has 4 rings (SSSR count). The number of ether oxygens (including phenoxy) is 1. The SMILES string of the molecule is O=C(O)CCNC(=O)c1ccc(CN(Cc2ccccc2Cl)c2nc(-c3ccc(OC(F)(F)F)cc3)cs2)cc1. The van der Waals surface area contributed by atoms with Crippen molar-refractivity contribution in [2.45, 2.75) is 25.9 Å². The zero-order chi connectivity index (χ0) is 28.7. The van der Waals surface area contributed by atoms with E-state index < -0.39 is 12.3 Å². The van der Waals surface area contributed by atoms with E-state index in [2.05, 4.69) is 10.1 Å². The van der Waals surface area contributed by atoms with E-state index in [-0.39, 0.29) is 24.6 Å². The third-order valence-corrected chi connectivity index (χ3v) is 6.95. The molecular formula is C28H23ClF3N3O4S. The highest BCUT2D eigenvalue weighted by atomic mass is 35.5. The molecule has 1 heterocycles. The number of nitrogens with zero attached hydrogens (tertiary/aromatic N) is 2. The number of aromatic nitrogens is 1. The number of alkyl halides is 3. The van der Waals surface area contributed by atoms with Crippen LogP contribution in [-0.4, -0.2) is 34.9 Å². The van der Waals surface area contributed by atoms with Crippen molar-refractivity contribution in [2.75, 3.05) is 11.4 Å². The molecule has 0 bridgehead atoms. The number of nitrogens with one attached hydrogen (secondary N) is 1. The Labute approximate surface area is 236 Å². The zero-order valence-corrected chi connectivity index (χ0v) is 22.4. The molecule has 1 amide bonds. The standard InChI is InChI=1S/C28H23ClF3N3O4S/c29-23-4-2-1-3-21(23)16-35(15-18-5-7-20(8-6-18)26(38)33-14-13-25(36)37)27-34-24(17-40-27)19-9-11-22(12-10-19)39-28(30,31)32/h1-12,17H,13-16H2,(H,33,38)(H,36,37). The van der Waals surface area contributed by atoms with Crippen molar-refractivity contribution in [1.82, 2.24) is 10.3 Å². The van der Waals surface area contributed by atoms with Crippen LogP contribution in [0.4, 0.5) is 18.3 Å². The number of thiazole rings is 1. The summed E-state index contributed by atoms with van der Waals surface area (Å²) in [6.07, 6.45) is -4.93. The molecule has 12 heteroatoms. The molecule has 2 N–H and O–H groups in total. The Hall–Kier alpha value is -4.09. The summed E-state index contributed by atoms with van der Waals surface area (Å²) in [5.74, 6) is -1.67. The van der Waals surface area contributed by atoms with Crippen LogP contribution in [-0.2, 0) is 17.9 Å². The van der Waals surface area contributed by atoms with E-state index in [9.17, 15) is 22.8 Å². The molecule has 0 unspecified atom stereocenters. The van der Waals surface area contributed by atoms with E-state index in [0.29, 0.717) is 40.1 Å². The van der Waals surface area contributed by atoms with E-state index in [1.54, 1.807) is 30.3 Å². The average molecular weight is 590 g/mol. The number of carbonyl (C=O) groups excluding carboxylic acids is 1. The van der Waals surface area contributed by atoms with Crippen molar-refractivity contribution in [3.05, 3.63) is 99.9 Å². The lowest BCUT2D eigenvalue weighted by Crippen LogP contribution is -2.26. The summed E-state index contributed by atoms with van der Waals surface area (Å²) in [6, 6.07) is 19.9. The zero-order valence-electron chi connectivity index (χ0n) is 20.8. The lowest BCUT2D eigenvalue weighted by Gasteiger charge is -2.23. The van der Waals surface area contributed by atoms with Gasteiger partial charge in [-0.15, -0.1) is 24.5 Å². The van der Waals surface area contributed by atoms with Gasteiger partial charge >= 0.3 is 12.3 Å². The van der Waals surface area contributed by atoms with Crippen LogP contribution in [0.1, 0.15) is 27.9 Å². The van der Waals surface area contributed by atoms with Crippen LogP contribution in [0, 0.1) is 0 Å². The molecule has 3 aromatic carbocycles. The van der Waals surface area contributed by atoms with Crippen molar-refractivity contribution in [1.29, 1.82) is 0 Å². The minimum Gasteiger partial charge on any atom is -0.481 e. The molecule has 0 aliphatic rings. The second-order valence-electron chi connectivity index (χ2n) is 8.63. The summed E-state index contributed by atoms with van der Waals surface area (Å²) < 4.78 is 41.4. The Balaban J connectivity index is 1.53. The number of hydrogen-bond acceptors (Lipinski definition) is 6. The maximum atomic E-state index is 12.5. The minimum absolute atomic E-state index is 0.0337. The number of carboxylic acids is 1. The summed E-state index contributed by atoms with van der Waals surface area (Å²) in [5.41, 5.74) is 3.40. The molecule has 1 aromatic heterocycles. The van der Waals surface area contributed by atoms with Crippen molar-refractivity contribution >= 4 is 39.9 Å². The third kappa shape index (κ3) is 8.20. The Morgan fingerprint density at radius 1 is 1.00 bits per heavy atom. The largest absolute Gasteiger partial charge is 0.573 e. The molecule has 0 atom stereocenters. The van der Waals surface area contributed by atoms with Crippen LogP contribution < -0.4 is 15.0 Å². The molecule has 0 saturated heterocycles. The number of halogens is 4. The van der Waals surface area contributed by atoms with Gasteiger partial charge in [0.05, 0.1) is 12.1 Å². The predicted molar refractivity (Wildman–Crippen MR) is 147 cm³/mol. The molecule has 40 heavy (non-hydrogen) atoms. The number of anilines is 1. The molecule has 0 spiro atoms. The van der Waals surface area contributed by atoms with Crippen LogP contribution in [0.5, 0.6) is 5.75 Å². The fraction of sp³-hybridized carbons (Fsp3) is 0.179. The lowest BCUT2D eigenvalue weighted by molar-refractivity contribution is -0.274. The van der Waals surface area contributed by atoms with Gasteiger partial charge < -0.3 is 20.1 Å². The molecule has 0 aliphatic carbocycles. The number of amides is 1. The number of aliphatic carboxylic acids is 1. The van der Waals surface area contributed by atoms with Crippen LogP contribution in [0.2, 0.25) is 5.02 Å². The van der Waals surface area contributed by atoms with Gasteiger partial charge in [-0.05, 0) is 53.6 Å². The highest BCUT2D eigenvalue weighted by molar-refractivity contribution is 7.14. The highest BCUT2D eigenvalue weighted by Gasteiger charge is 2.31. The van der Waals surface area contributed by atoms with Crippen molar-refractivity contribution < 1.29 is 32.6 Å². The topological polar surface area (TPSA) is 91.8 Å². The number of benzene rings is 3. The van der Waals surface area contributed by atoms with Crippen LogP contribution in [0.25, 0.3) is 11.3 Å². The number of hydrogen-bond donors (Lipinski definition) is 2. The van der Waals surface area contributed by atoms with Crippen LogP contribution in [0.15, 0.2) is 78.2 Å². The summed E-state index contributed by atoms with van der Waals surface area (Å²) in [7, 11) is 0. The number of carboxylic acid groups (broad SMARTS) is 1. The summed E-state index contributed by atoms with van der Waals surface area (Å²) in [4.78, 5) is 29.7. The summed E-state index contributed by atoms with van der Waals surface area (Å²) in [5, 5.41) is 14.4. The highest BCUT2D eigenvalue weighted by Crippen LogP contribution is 2.32. The number of carbonyl (C=O) groups is 2. The predicted octanol–water partition coefficient (Wildman–Crippen LogP) is 6.77. The monoisotopic (exact) mass is 589 g/mol. The van der Waals surface area contributed by atoms with E-state index in [0.717, 1.165) is 11.1 Å². The van der Waals surface area contributed by atoms with E-state index in [1.807, 2.05) is 28.5 Å². The van der Waals surface area contributed by atoms with Gasteiger partial charge in [0, 0.05) is 41.2 Å². The van der Waals surface area contributed by atoms with Crippen molar-refractivity contribution in [2.24, 2.45) is 0 Å². The molecular weight excluding hydrogens is 567 g/mol. The first-order valence-electron chi connectivity index (χ1n) is 12.0. The van der Waals surface area contributed by atoms with Crippen LogP contribution in [0.3, 0.4) is 0 Å². The Kier molecular flexibility index (Phi) is 9.28. The van der Waals surface area contributed by atoms with Gasteiger partial charge in [-0.25, -0.2) is 4.98 Å². The van der Waals surface area contributed by atoms with Gasteiger partial charge in [0.2, 0.25) is 0 Å². The minimum atomic E-state index is -4.77. The van der Waals surface area contributed by atoms with E-state index in [4.69, 9.17) is 21.7 Å². The Bertz CT molecular complexity index is 1460. The smallest absolute Gasteiger partial charge is 0.481 e. The first-order chi connectivity index (χ1) is 19.1. The lowest BCUT2D eigenvalue weighted by atomic mass is 10.1. The second-order valence-corrected chi connectivity index (χ2v) is 9.88. The van der Waals surface area contributed by atoms with Crippen molar-refractivity contribution in [3.8, 4) is 17.0 Å². The molecule has 0 radical (unpaired) electrons. The van der Waals surface area contributed by atoms with Gasteiger partial charge in [-0.2, -0.15) is 0 Å². The molecule has 7 nitrogen and oxygen atoms in total. The van der Waals surface area contributed by atoms with E-state index >= 15 is 0 Å². The molecule has 0 aliphatic heterocycles. The van der Waals surface area contributed by atoms with Gasteiger partial charge in [-0.3, -0.25) is 9.59 Å². The summed E-state index contributed by atoms with van der Waals surface area (Å²) >= 11 is 7.80. The maximum absolute atomic E-state index is 12.5. The summed E-state index contributed by atoms with van der Waals surface area (Å²) in [6.45, 7) is 0.895. The average Bonchev–Trinajstić information content (AvgIpc) is 3.39. The quantitative estimate of drug-likeness (QED) is 0.201. The second kappa shape index (κ2) is 12.8. The third-order valence-electron chi connectivity index (χ3n) is 5.68. The van der Waals surface area contributed by atoms with Gasteiger partial charge in [0.15, 0.2) is 5.13 Å². The first-order valence-corrected chi connectivity index (χ1v) is 13.2. The van der Waals surface area contributed by atoms with Crippen molar-refractivity contribution in [3.63, 3.8) is 0 Å².